The quantitative estimate of drug-likeness (QED) is 0.0319. The van der Waals surface area contributed by atoms with Gasteiger partial charge >= 0.3 is 0 Å². The lowest BCUT2D eigenvalue weighted by atomic mass is 9.96. The molecule has 12 N–H and O–H groups in total. The van der Waals surface area contributed by atoms with Gasteiger partial charge in [-0.15, -0.1) is 0 Å². The largest absolute Gasteiger partial charge is 0.394 e. The van der Waals surface area contributed by atoms with Crippen molar-refractivity contribution < 1.29 is 89.4 Å². The lowest BCUT2D eigenvalue weighted by Gasteiger charge is -2.48. The fourth-order valence-corrected chi connectivity index (χ4v) is 8.55. The third-order valence-corrected chi connectivity index (χ3v) is 12.9. The molecular weight excluding hydrogens is 915 g/mol. The number of unbranched alkanes of at least 4 members (excludes halogenated alkanes) is 13. The number of rotatable bonds is 35. The van der Waals surface area contributed by atoms with Gasteiger partial charge in [-0.05, 0) is 51.4 Å². The molecule has 70 heavy (non-hydrogen) atoms. The van der Waals surface area contributed by atoms with E-state index in [2.05, 4.69) is 55.6 Å². The molecule has 0 aliphatic carbocycles. The van der Waals surface area contributed by atoms with Gasteiger partial charge in [0.05, 0.1) is 38.6 Å². The Kier molecular flexibility index (Phi) is 31.8. The van der Waals surface area contributed by atoms with Crippen LogP contribution in [0.15, 0.2) is 48.6 Å². The number of aliphatic hydroxyl groups excluding tert-OH is 11. The van der Waals surface area contributed by atoms with Crippen molar-refractivity contribution in [3.05, 3.63) is 48.6 Å². The normalized spacial score (nSPS) is 33.0. The Morgan fingerprint density at radius 1 is 0.529 bits per heavy atom. The van der Waals surface area contributed by atoms with Gasteiger partial charge in [-0.1, -0.05) is 127 Å². The van der Waals surface area contributed by atoms with Gasteiger partial charge in [0.25, 0.3) is 0 Å². The number of carbonyl (C=O) groups is 1. The summed E-state index contributed by atoms with van der Waals surface area (Å²) in [6.07, 6.45) is 8.36. The molecule has 19 nitrogen and oxygen atoms in total. The number of allylic oxidation sites excluding steroid dienone is 7. The zero-order chi connectivity index (χ0) is 51.3. The predicted molar refractivity (Wildman–Crippen MR) is 259 cm³/mol. The molecule has 0 spiro atoms. The molecule has 406 valence electrons. The van der Waals surface area contributed by atoms with Gasteiger partial charge < -0.3 is 89.9 Å². The summed E-state index contributed by atoms with van der Waals surface area (Å²) in [5.74, 6) is -0.299. The highest BCUT2D eigenvalue weighted by molar-refractivity contribution is 5.76. The molecule has 3 aliphatic heterocycles. The summed E-state index contributed by atoms with van der Waals surface area (Å²) in [5, 5.41) is 119. The molecule has 0 aromatic rings. The van der Waals surface area contributed by atoms with Crippen LogP contribution in [0.4, 0.5) is 0 Å². The van der Waals surface area contributed by atoms with E-state index in [0.717, 1.165) is 77.0 Å². The van der Waals surface area contributed by atoms with Crippen molar-refractivity contribution in [3.8, 4) is 0 Å². The molecule has 3 fully saturated rings. The van der Waals surface area contributed by atoms with Gasteiger partial charge in [-0.25, -0.2) is 0 Å². The number of hydrogen-bond acceptors (Lipinski definition) is 18. The maximum atomic E-state index is 13.2. The molecule has 0 saturated carbocycles. The number of aliphatic hydroxyl groups is 11. The minimum atomic E-state index is -1.98. The molecule has 0 aromatic carbocycles. The molecule has 19 heteroatoms. The maximum Gasteiger partial charge on any atom is 0.220 e. The zero-order valence-corrected chi connectivity index (χ0v) is 41.5. The van der Waals surface area contributed by atoms with Crippen LogP contribution in [-0.2, 0) is 33.2 Å². The monoisotopic (exact) mass is 1000 g/mol. The van der Waals surface area contributed by atoms with Crippen LogP contribution >= 0.6 is 0 Å². The van der Waals surface area contributed by atoms with Crippen LogP contribution < -0.4 is 5.32 Å². The molecule has 3 aliphatic rings. The Hall–Kier alpha value is -2.25. The van der Waals surface area contributed by atoms with E-state index in [1.165, 1.54) is 32.1 Å². The molecule has 3 saturated heterocycles. The summed E-state index contributed by atoms with van der Waals surface area (Å²) in [6.45, 7) is 1.52. The maximum absolute atomic E-state index is 13.2. The Labute approximate surface area is 414 Å². The number of nitrogens with one attached hydrogen (secondary N) is 1. The first-order valence-corrected chi connectivity index (χ1v) is 25.9. The minimum Gasteiger partial charge on any atom is -0.394 e. The standard InChI is InChI=1S/C51H89NO18/c1-3-5-7-9-11-13-15-16-17-18-19-21-23-25-27-29-39(57)52-34(35(56)28-26-24-22-20-14-12-10-8-6-4-2)33-65-49-45(63)42(60)47(37(31-54)67-49)70-51-46(64)43(61)48(38(32-55)68-51)69-50-44(62)41(59)40(58)36(30-53)66-50/h5,7,11,13,16-17,26,28,34-38,40-51,53-56,58-64H,3-4,6,8-10,12,14-15,18-25,27,29-33H2,1-2H3,(H,52,57)/b7-5-,13-11-,17-16-,28-26+. The second-order valence-corrected chi connectivity index (χ2v) is 18.6. The van der Waals surface area contributed by atoms with Crippen LogP contribution in [-0.4, -0.2) is 193 Å². The van der Waals surface area contributed by atoms with Crippen LogP contribution in [0.2, 0.25) is 0 Å². The van der Waals surface area contributed by atoms with Crippen molar-refractivity contribution in [3.63, 3.8) is 0 Å². The SMILES string of the molecule is CC/C=C\C/C=C\C/C=C\CCCCCCCC(=O)NC(COC1OC(CO)C(OC2OC(CO)C(OC3OC(CO)C(O)C(O)C3O)C(O)C2O)C(O)C1O)C(O)/C=C/CCCCCCCCCC. The molecule has 1 amide bonds. The highest BCUT2D eigenvalue weighted by Crippen LogP contribution is 2.33. The van der Waals surface area contributed by atoms with Gasteiger partial charge in [0, 0.05) is 6.42 Å². The summed E-state index contributed by atoms with van der Waals surface area (Å²) in [7, 11) is 0. The van der Waals surface area contributed by atoms with Gasteiger partial charge in [0.15, 0.2) is 18.9 Å². The number of hydrogen-bond donors (Lipinski definition) is 12. The van der Waals surface area contributed by atoms with Crippen molar-refractivity contribution >= 4 is 5.91 Å². The number of carbonyl (C=O) groups excluding carboxylic acids is 1. The lowest BCUT2D eigenvalue weighted by Crippen LogP contribution is -2.66. The van der Waals surface area contributed by atoms with Crippen LogP contribution in [0.3, 0.4) is 0 Å². The predicted octanol–water partition coefficient (Wildman–Crippen LogP) is 1.97. The second kappa shape index (κ2) is 35.8. The molecule has 0 aromatic heterocycles. The first kappa shape index (κ1) is 62.0. The smallest absolute Gasteiger partial charge is 0.220 e. The molecule has 0 radical (unpaired) electrons. The second-order valence-electron chi connectivity index (χ2n) is 18.6. The third kappa shape index (κ3) is 21.3. The highest BCUT2D eigenvalue weighted by Gasteiger charge is 2.53. The van der Waals surface area contributed by atoms with Gasteiger partial charge in [0.1, 0.15) is 73.2 Å². The first-order valence-electron chi connectivity index (χ1n) is 25.9. The van der Waals surface area contributed by atoms with Crippen LogP contribution in [0.5, 0.6) is 0 Å². The lowest BCUT2D eigenvalue weighted by molar-refractivity contribution is -0.379. The Balaban J connectivity index is 1.56. The minimum absolute atomic E-state index is 0.222. The molecule has 17 atom stereocenters. The number of amides is 1. The molecule has 3 rings (SSSR count). The Bertz CT molecular complexity index is 1480. The molecule has 0 bridgehead atoms. The van der Waals surface area contributed by atoms with Crippen molar-refractivity contribution in [1.29, 1.82) is 0 Å². The van der Waals surface area contributed by atoms with Crippen LogP contribution in [0, 0.1) is 0 Å². The summed E-state index contributed by atoms with van der Waals surface area (Å²) < 4.78 is 34.1. The van der Waals surface area contributed by atoms with E-state index in [1.807, 2.05) is 6.08 Å². The van der Waals surface area contributed by atoms with Crippen molar-refractivity contribution in [2.45, 2.75) is 240 Å². The summed E-state index contributed by atoms with van der Waals surface area (Å²) in [6, 6.07) is -0.980. The fraction of sp³-hybridized carbons (Fsp3) is 0.824. The van der Waals surface area contributed by atoms with Crippen LogP contribution in [0.25, 0.3) is 0 Å². The van der Waals surface area contributed by atoms with Crippen molar-refractivity contribution in [2.75, 3.05) is 26.4 Å². The Morgan fingerprint density at radius 2 is 0.986 bits per heavy atom. The van der Waals surface area contributed by atoms with E-state index < -0.39 is 124 Å². The van der Waals surface area contributed by atoms with E-state index in [4.69, 9.17) is 28.4 Å². The molecular formula is C51H89NO18. The molecule has 17 unspecified atom stereocenters. The van der Waals surface area contributed by atoms with Crippen molar-refractivity contribution in [1.82, 2.24) is 5.32 Å². The van der Waals surface area contributed by atoms with E-state index in [0.29, 0.717) is 6.42 Å². The van der Waals surface area contributed by atoms with Crippen molar-refractivity contribution in [2.24, 2.45) is 0 Å². The summed E-state index contributed by atoms with van der Waals surface area (Å²) in [5.41, 5.74) is 0. The van der Waals surface area contributed by atoms with Crippen LogP contribution in [0.1, 0.15) is 136 Å². The third-order valence-electron chi connectivity index (χ3n) is 12.9. The fourth-order valence-electron chi connectivity index (χ4n) is 8.55. The van der Waals surface area contributed by atoms with E-state index in [1.54, 1.807) is 6.08 Å². The zero-order valence-electron chi connectivity index (χ0n) is 41.5. The van der Waals surface area contributed by atoms with E-state index in [-0.39, 0.29) is 18.9 Å². The first-order chi connectivity index (χ1) is 33.8. The topological polar surface area (TPSA) is 307 Å². The van der Waals surface area contributed by atoms with Gasteiger partial charge in [-0.2, -0.15) is 0 Å². The summed E-state index contributed by atoms with van der Waals surface area (Å²) in [4.78, 5) is 13.2. The molecule has 3 heterocycles. The highest BCUT2D eigenvalue weighted by atomic mass is 16.8. The van der Waals surface area contributed by atoms with E-state index >= 15 is 0 Å². The summed E-state index contributed by atoms with van der Waals surface area (Å²) >= 11 is 0. The average Bonchev–Trinajstić information content (AvgIpc) is 3.35. The average molecular weight is 1000 g/mol. The number of ether oxygens (including phenoxy) is 6. The van der Waals surface area contributed by atoms with Gasteiger partial charge in [-0.3, -0.25) is 4.79 Å². The Morgan fingerprint density at radius 3 is 1.54 bits per heavy atom. The van der Waals surface area contributed by atoms with E-state index in [9.17, 15) is 61.0 Å². The van der Waals surface area contributed by atoms with Gasteiger partial charge in [0.2, 0.25) is 5.91 Å².